The molecule has 1 amide bonds. The summed E-state index contributed by atoms with van der Waals surface area (Å²) in [5, 5.41) is 5.64. The first-order valence-electron chi connectivity index (χ1n) is 11.9. The fourth-order valence-corrected chi connectivity index (χ4v) is 4.46. The molecule has 0 N–H and O–H groups in total. The number of amides is 1. The van der Waals surface area contributed by atoms with Crippen molar-refractivity contribution in [1.82, 2.24) is 24.6 Å². The Labute approximate surface area is 204 Å². The molecule has 3 heterocycles. The Morgan fingerprint density at radius 1 is 1.12 bits per heavy atom. The Kier molecular flexibility index (Phi) is 7.07. The molecule has 1 aliphatic heterocycles. The molecule has 7 nitrogen and oxygen atoms in total. The lowest BCUT2D eigenvalue weighted by atomic mass is 9.94. The van der Waals surface area contributed by atoms with Gasteiger partial charge in [0, 0.05) is 38.5 Å². The van der Waals surface area contributed by atoms with Crippen molar-refractivity contribution in [3.8, 4) is 5.69 Å². The number of benzene rings is 1. The average Bonchev–Trinajstić information content (AvgIpc) is 2.99. The predicted octanol–water partition coefficient (Wildman–Crippen LogP) is 4.52. The zero-order valence-corrected chi connectivity index (χ0v) is 21.1. The van der Waals surface area contributed by atoms with Crippen molar-refractivity contribution in [2.75, 3.05) is 37.0 Å². The van der Waals surface area contributed by atoms with Crippen LogP contribution in [0.25, 0.3) is 16.7 Å². The summed E-state index contributed by atoms with van der Waals surface area (Å²) >= 11 is 6.06. The highest BCUT2D eigenvalue weighted by Crippen LogP contribution is 2.30. The topological polar surface area (TPSA) is 67.2 Å². The summed E-state index contributed by atoms with van der Waals surface area (Å²) in [6.45, 7) is 10.6. The van der Waals surface area contributed by atoms with Gasteiger partial charge in [0.15, 0.2) is 5.65 Å². The summed E-state index contributed by atoms with van der Waals surface area (Å²) in [6, 6.07) is 6.26. The third-order valence-electron chi connectivity index (χ3n) is 6.27. The van der Waals surface area contributed by atoms with Gasteiger partial charge in [-0.2, -0.15) is 5.10 Å². The zero-order valence-electron chi connectivity index (χ0n) is 20.3. The van der Waals surface area contributed by atoms with Crippen LogP contribution in [0.4, 0.5) is 10.2 Å². The molecule has 4 rings (SSSR count). The van der Waals surface area contributed by atoms with Gasteiger partial charge >= 0.3 is 0 Å². The second-order valence-electron chi connectivity index (χ2n) is 9.54. The van der Waals surface area contributed by atoms with Crippen LogP contribution in [-0.4, -0.2) is 62.6 Å². The quantitative estimate of drug-likeness (QED) is 0.479. The molecule has 0 aliphatic carbocycles. The molecule has 0 spiro atoms. The number of carbonyl (C=O) groups excluding carboxylic acids is 1. The van der Waals surface area contributed by atoms with Crippen LogP contribution in [0, 0.1) is 18.2 Å². The van der Waals surface area contributed by atoms with Crippen LogP contribution < -0.4 is 4.90 Å². The number of hydrogen-bond acceptors (Lipinski definition) is 5. The van der Waals surface area contributed by atoms with Gasteiger partial charge in [-0.3, -0.25) is 4.79 Å². The summed E-state index contributed by atoms with van der Waals surface area (Å²) in [6.07, 6.45) is 2.51. The summed E-state index contributed by atoms with van der Waals surface area (Å²) in [5.41, 5.74) is 1.71. The van der Waals surface area contributed by atoms with E-state index < -0.39 is 5.41 Å². The Balaban J connectivity index is 1.73. The molecule has 0 saturated carbocycles. The van der Waals surface area contributed by atoms with Gasteiger partial charge in [0.25, 0.3) is 0 Å². The van der Waals surface area contributed by atoms with E-state index in [0.29, 0.717) is 25.5 Å². The summed E-state index contributed by atoms with van der Waals surface area (Å²) in [4.78, 5) is 26.9. The molecule has 34 heavy (non-hydrogen) atoms. The largest absolute Gasteiger partial charge is 0.354 e. The van der Waals surface area contributed by atoms with Gasteiger partial charge in [-0.15, -0.1) is 11.6 Å². The molecular formula is C25H32ClFN6O. The van der Waals surface area contributed by atoms with E-state index in [0.717, 1.165) is 59.9 Å². The Morgan fingerprint density at radius 3 is 2.53 bits per heavy atom. The van der Waals surface area contributed by atoms with Crippen molar-refractivity contribution in [2.24, 2.45) is 5.41 Å². The van der Waals surface area contributed by atoms with Crippen LogP contribution in [-0.2, 0) is 11.2 Å². The monoisotopic (exact) mass is 486 g/mol. The third kappa shape index (κ3) is 4.73. The fourth-order valence-electron chi connectivity index (χ4n) is 4.35. The molecule has 1 saturated heterocycles. The molecule has 1 aliphatic rings. The number of alkyl halides is 1. The van der Waals surface area contributed by atoms with Crippen LogP contribution in [0.15, 0.2) is 24.3 Å². The number of aryl methyl sites for hydroxylation is 2. The van der Waals surface area contributed by atoms with Crippen LogP contribution in [0.2, 0.25) is 0 Å². The van der Waals surface area contributed by atoms with E-state index in [4.69, 9.17) is 26.7 Å². The molecule has 3 aromatic rings. The number of nitrogens with zero attached hydrogens (tertiary/aromatic N) is 6. The van der Waals surface area contributed by atoms with Crippen molar-refractivity contribution in [1.29, 1.82) is 0 Å². The minimum atomic E-state index is -0.583. The number of fused-ring (bicyclic) bond motifs is 1. The van der Waals surface area contributed by atoms with Crippen molar-refractivity contribution >= 4 is 34.4 Å². The minimum absolute atomic E-state index is 0.0872. The van der Waals surface area contributed by atoms with Crippen LogP contribution in [0.1, 0.15) is 45.1 Å². The van der Waals surface area contributed by atoms with E-state index in [1.54, 1.807) is 16.8 Å². The molecule has 182 valence electrons. The normalized spacial score (nSPS) is 15.1. The molecule has 2 aromatic heterocycles. The lowest BCUT2D eigenvalue weighted by molar-refractivity contribution is -0.139. The molecule has 0 bridgehead atoms. The highest BCUT2D eigenvalue weighted by Gasteiger charge is 2.33. The van der Waals surface area contributed by atoms with Crippen molar-refractivity contribution in [3.05, 3.63) is 41.6 Å². The van der Waals surface area contributed by atoms with Gasteiger partial charge in [0.05, 0.1) is 22.2 Å². The van der Waals surface area contributed by atoms with Crippen LogP contribution >= 0.6 is 11.6 Å². The summed E-state index contributed by atoms with van der Waals surface area (Å²) in [7, 11) is 0. The third-order valence-corrected chi connectivity index (χ3v) is 6.94. The number of rotatable bonds is 6. The summed E-state index contributed by atoms with van der Waals surface area (Å²) in [5.74, 6) is 1.70. The molecule has 1 aromatic carbocycles. The van der Waals surface area contributed by atoms with E-state index >= 15 is 0 Å². The fraction of sp³-hybridized carbons (Fsp3) is 0.520. The molecule has 9 heteroatoms. The molecule has 1 fully saturated rings. The second-order valence-corrected chi connectivity index (χ2v) is 9.80. The maximum Gasteiger partial charge on any atom is 0.229 e. The average molecular weight is 487 g/mol. The lowest BCUT2D eigenvalue weighted by Crippen LogP contribution is -2.43. The number of carbonyl (C=O) groups is 1. The van der Waals surface area contributed by atoms with Crippen LogP contribution in [0.3, 0.4) is 0 Å². The number of aromatic nitrogens is 4. The molecule has 0 atom stereocenters. The first kappa shape index (κ1) is 24.4. The number of hydrogen-bond donors (Lipinski definition) is 0. The predicted molar refractivity (Wildman–Crippen MR) is 133 cm³/mol. The zero-order chi connectivity index (χ0) is 24.5. The Hall–Kier alpha value is -2.74. The Bertz CT molecular complexity index is 1180. The Morgan fingerprint density at radius 2 is 1.85 bits per heavy atom. The lowest BCUT2D eigenvalue weighted by Gasteiger charge is -2.30. The van der Waals surface area contributed by atoms with Gasteiger partial charge in [0.1, 0.15) is 17.5 Å². The molecule has 0 radical (unpaired) electrons. The number of anilines is 1. The summed E-state index contributed by atoms with van der Waals surface area (Å²) < 4.78 is 15.3. The van der Waals surface area contributed by atoms with Crippen molar-refractivity contribution < 1.29 is 9.18 Å². The smallest absolute Gasteiger partial charge is 0.229 e. The van der Waals surface area contributed by atoms with Crippen molar-refractivity contribution in [3.63, 3.8) is 0 Å². The highest BCUT2D eigenvalue weighted by atomic mass is 35.5. The maximum atomic E-state index is 13.5. The highest BCUT2D eigenvalue weighted by molar-refractivity contribution is 6.19. The van der Waals surface area contributed by atoms with E-state index in [9.17, 15) is 9.18 Å². The van der Waals surface area contributed by atoms with E-state index in [1.807, 2.05) is 25.7 Å². The minimum Gasteiger partial charge on any atom is -0.354 e. The first-order valence-corrected chi connectivity index (χ1v) is 12.4. The van der Waals surface area contributed by atoms with Crippen LogP contribution in [0.5, 0.6) is 0 Å². The van der Waals surface area contributed by atoms with Gasteiger partial charge in [-0.1, -0.05) is 6.92 Å². The van der Waals surface area contributed by atoms with E-state index in [1.165, 1.54) is 12.1 Å². The van der Waals surface area contributed by atoms with Gasteiger partial charge in [-0.25, -0.2) is 19.0 Å². The second kappa shape index (κ2) is 9.86. The van der Waals surface area contributed by atoms with Gasteiger partial charge in [0.2, 0.25) is 5.91 Å². The standard InChI is InChI=1S/C25H32ClFN6O/c1-5-7-20-28-22(31-12-6-13-32(15-14-31)24(34)25(3,4)16-26)21-17(2)30-33(23(21)29-20)19-10-8-18(27)9-11-19/h8-11H,5-7,12-16H2,1-4H3. The van der Waals surface area contributed by atoms with E-state index in [2.05, 4.69) is 11.8 Å². The van der Waals surface area contributed by atoms with Gasteiger partial charge < -0.3 is 9.80 Å². The maximum absolute atomic E-state index is 13.5. The van der Waals surface area contributed by atoms with E-state index in [-0.39, 0.29) is 11.7 Å². The SMILES string of the molecule is CCCc1nc(N2CCCN(C(=O)C(C)(C)CCl)CC2)c2c(C)nn(-c3ccc(F)cc3)c2n1. The number of halogens is 2. The molecular weight excluding hydrogens is 455 g/mol. The molecule has 0 unspecified atom stereocenters. The van der Waals surface area contributed by atoms with Crippen molar-refractivity contribution in [2.45, 2.75) is 47.0 Å². The first-order chi connectivity index (χ1) is 16.2. The van der Waals surface area contributed by atoms with Gasteiger partial charge in [-0.05, 0) is 57.9 Å².